The molecule has 2 aliphatic rings. The molecule has 1 aliphatic carbocycles. The van der Waals surface area contributed by atoms with Gasteiger partial charge in [-0.1, -0.05) is 26.2 Å². The van der Waals surface area contributed by atoms with Crippen molar-refractivity contribution < 1.29 is 30.1 Å². The van der Waals surface area contributed by atoms with Crippen molar-refractivity contribution in [1.82, 2.24) is 10.2 Å². The zero-order valence-corrected chi connectivity index (χ0v) is 13.8. The highest BCUT2D eigenvalue weighted by Gasteiger charge is 2.48. The highest BCUT2D eigenvalue weighted by Crippen LogP contribution is 2.40. The van der Waals surface area contributed by atoms with E-state index < -0.39 is 48.8 Å². The molecule has 1 saturated carbocycles. The Kier molecular flexibility index (Phi) is 4.52. The first kappa shape index (κ1) is 13.6. The van der Waals surface area contributed by atoms with Crippen molar-refractivity contribution in [2.24, 2.45) is 5.92 Å². The van der Waals surface area contributed by atoms with Crippen LogP contribution in [0.15, 0.2) is 0 Å². The van der Waals surface area contributed by atoms with E-state index in [4.69, 9.17) is 5.48 Å². The van der Waals surface area contributed by atoms with Gasteiger partial charge in [0.1, 0.15) is 12.1 Å². The van der Waals surface area contributed by atoms with E-state index in [-0.39, 0.29) is 18.8 Å². The van der Waals surface area contributed by atoms with Gasteiger partial charge in [0.05, 0.1) is 7.39 Å². The second-order valence-corrected chi connectivity index (χ2v) is 6.61. The Morgan fingerprint density at radius 1 is 1.33 bits per heavy atom. The van der Waals surface area contributed by atoms with Crippen LogP contribution in [0.4, 0.5) is 0 Å². The summed E-state index contributed by atoms with van der Waals surface area (Å²) in [5.41, 5.74) is 0. The number of aliphatic carboxylic acids is 2. The first-order chi connectivity index (χ1) is 12.9. The van der Waals surface area contributed by atoms with Gasteiger partial charge >= 0.3 is 11.9 Å². The fourth-order valence-electron chi connectivity index (χ4n) is 3.88. The van der Waals surface area contributed by atoms with Crippen molar-refractivity contribution in [2.75, 3.05) is 0 Å². The number of hydrogen-bond acceptors (Lipinski definition) is 4. The molecule has 0 spiro atoms. The van der Waals surface area contributed by atoms with E-state index in [0.29, 0.717) is 12.8 Å². The van der Waals surface area contributed by atoms with Crippen LogP contribution in [0.25, 0.3) is 0 Å². The van der Waals surface area contributed by atoms with Crippen LogP contribution in [0, 0.1) is 5.92 Å². The standard InChI is InChI=1S/C17H28N2O5/c1-3-6-12(16(21)22)18-10(2)15(20)19-13-8-5-4-7-11(13)9-14(19)17(23)24/h10-14,18H,3-9H2,1-2H3,(H,21,22)(H,23,24)/t10?,11-,12-,13-,14-/m0/s1/i2D3,10D. The molecule has 0 aromatic rings. The Labute approximate surface area is 148 Å². The van der Waals surface area contributed by atoms with Gasteiger partial charge in [0.15, 0.2) is 0 Å². The van der Waals surface area contributed by atoms with Crippen LogP contribution >= 0.6 is 0 Å². The fourth-order valence-corrected chi connectivity index (χ4v) is 3.88. The number of carbonyl (C=O) groups excluding carboxylic acids is 1. The summed E-state index contributed by atoms with van der Waals surface area (Å²) in [5.74, 6) is -3.83. The topological polar surface area (TPSA) is 107 Å². The maximum Gasteiger partial charge on any atom is 0.326 e. The van der Waals surface area contributed by atoms with Gasteiger partial charge in [-0.05, 0) is 38.5 Å². The van der Waals surface area contributed by atoms with Crippen molar-refractivity contribution in [3.05, 3.63) is 0 Å². The molecule has 1 amide bonds. The Bertz CT molecular complexity index is 629. The number of rotatable bonds is 7. The fraction of sp³-hybridized carbons (Fsp3) is 0.824. The Balaban J connectivity index is 2.42. The smallest absolute Gasteiger partial charge is 0.326 e. The van der Waals surface area contributed by atoms with Gasteiger partial charge in [-0.2, -0.15) is 0 Å². The van der Waals surface area contributed by atoms with E-state index in [0.717, 1.165) is 24.2 Å². The van der Waals surface area contributed by atoms with Crippen molar-refractivity contribution in [3.8, 4) is 0 Å². The number of likely N-dealkylation sites (tertiary alicyclic amines) is 1. The predicted octanol–water partition coefficient (Wildman–Crippen LogP) is 1.46. The Morgan fingerprint density at radius 3 is 2.62 bits per heavy atom. The number of nitrogens with zero attached hydrogens (tertiary/aromatic N) is 1. The van der Waals surface area contributed by atoms with E-state index in [9.17, 15) is 24.6 Å². The largest absolute Gasteiger partial charge is 0.480 e. The van der Waals surface area contributed by atoms with Crippen LogP contribution in [0.5, 0.6) is 0 Å². The third-order valence-electron chi connectivity index (χ3n) is 5.02. The SMILES string of the molecule is [2H]C([2H])([2H])C([2H])(N[C@@H](CCC)C(=O)O)C(=O)N1[C@H](C(=O)O)C[C@@H]2CCCC[C@@H]21. The summed E-state index contributed by atoms with van der Waals surface area (Å²) in [6.45, 7) is -1.48. The molecule has 136 valence electrons. The second-order valence-electron chi connectivity index (χ2n) is 6.61. The summed E-state index contributed by atoms with van der Waals surface area (Å²) in [4.78, 5) is 37.6. The lowest BCUT2D eigenvalue weighted by Crippen LogP contribution is -2.55. The quantitative estimate of drug-likeness (QED) is 0.645. The summed E-state index contributed by atoms with van der Waals surface area (Å²) >= 11 is 0. The van der Waals surface area contributed by atoms with Gasteiger partial charge in [-0.25, -0.2) is 4.79 Å². The van der Waals surface area contributed by atoms with Gasteiger partial charge in [0.25, 0.3) is 0 Å². The summed E-state index contributed by atoms with van der Waals surface area (Å²) in [5, 5.41) is 21.2. The van der Waals surface area contributed by atoms with Crippen LogP contribution in [0.2, 0.25) is 0 Å². The van der Waals surface area contributed by atoms with E-state index in [1.165, 1.54) is 0 Å². The molecule has 0 bridgehead atoms. The number of nitrogens with one attached hydrogen (secondary N) is 1. The molecule has 7 heteroatoms. The summed E-state index contributed by atoms with van der Waals surface area (Å²) in [7, 11) is 0. The lowest BCUT2D eigenvalue weighted by Gasteiger charge is -2.35. The van der Waals surface area contributed by atoms with E-state index in [1.807, 2.05) is 0 Å². The molecule has 2 rings (SSSR count). The van der Waals surface area contributed by atoms with Crippen LogP contribution in [0.1, 0.15) is 64.2 Å². The third kappa shape index (κ3) is 3.88. The van der Waals surface area contributed by atoms with Crippen LogP contribution in [-0.4, -0.2) is 57.1 Å². The molecule has 0 aromatic carbocycles. The number of carboxylic acid groups (broad SMARTS) is 2. The lowest BCUT2D eigenvalue weighted by molar-refractivity contribution is -0.151. The van der Waals surface area contributed by atoms with E-state index in [2.05, 4.69) is 5.32 Å². The Hall–Kier alpha value is -1.63. The molecule has 3 N–H and O–H groups in total. The predicted molar refractivity (Wildman–Crippen MR) is 87.6 cm³/mol. The third-order valence-corrected chi connectivity index (χ3v) is 5.02. The normalized spacial score (nSPS) is 33.2. The summed E-state index contributed by atoms with van der Waals surface area (Å²) in [6.07, 6.45) is 3.66. The van der Waals surface area contributed by atoms with Gasteiger partial charge in [0.2, 0.25) is 5.91 Å². The average molecular weight is 344 g/mol. The molecule has 0 aromatic heterocycles. The van der Waals surface area contributed by atoms with Crippen LogP contribution in [-0.2, 0) is 14.4 Å². The lowest BCUT2D eigenvalue weighted by atomic mass is 9.84. The minimum atomic E-state index is -3.18. The molecule has 7 nitrogen and oxygen atoms in total. The molecule has 0 radical (unpaired) electrons. The number of carbonyl (C=O) groups is 3. The van der Waals surface area contributed by atoms with Crippen molar-refractivity contribution in [2.45, 2.75) is 82.9 Å². The van der Waals surface area contributed by atoms with Crippen molar-refractivity contribution in [1.29, 1.82) is 0 Å². The summed E-state index contributed by atoms with van der Waals surface area (Å²) < 4.78 is 31.7. The number of fused-ring (bicyclic) bond motifs is 1. The summed E-state index contributed by atoms with van der Waals surface area (Å²) in [6, 6.07) is -5.99. The van der Waals surface area contributed by atoms with Crippen LogP contribution < -0.4 is 5.32 Å². The zero-order valence-electron chi connectivity index (χ0n) is 17.8. The molecule has 1 heterocycles. The maximum absolute atomic E-state index is 13.3. The van der Waals surface area contributed by atoms with Gasteiger partial charge < -0.3 is 15.1 Å². The Morgan fingerprint density at radius 2 is 2.04 bits per heavy atom. The van der Waals surface area contributed by atoms with E-state index >= 15 is 0 Å². The van der Waals surface area contributed by atoms with Crippen molar-refractivity contribution in [3.63, 3.8) is 0 Å². The maximum atomic E-state index is 13.3. The zero-order chi connectivity index (χ0) is 21.3. The molecule has 1 aliphatic heterocycles. The molecule has 1 saturated heterocycles. The second kappa shape index (κ2) is 7.96. The van der Waals surface area contributed by atoms with Gasteiger partial charge in [0, 0.05) is 10.2 Å². The molecular weight excluding hydrogens is 312 g/mol. The first-order valence-corrected chi connectivity index (χ1v) is 8.50. The number of hydrogen-bond donors (Lipinski definition) is 3. The molecular formula is C17H28N2O5. The molecule has 2 fully saturated rings. The van der Waals surface area contributed by atoms with Crippen molar-refractivity contribution >= 4 is 17.8 Å². The monoisotopic (exact) mass is 344 g/mol. The van der Waals surface area contributed by atoms with Gasteiger partial charge in [-0.3, -0.25) is 14.9 Å². The number of carboxylic acids is 2. The van der Waals surface area contributed by atoms with Crippen LogP contribution in [0.3, 0.4) is 0 Å². The highest BCUT2D eigenvalue weighted by molar-refractivity contribution is 5.88. The number of amides is 1. The molecule has 1 unspecified atom stereocenters. The van der Waals surface area contributed by atoms with Gasteiger partial charge in [-0.15, -0.1) is 0 Å². The minimum absolute atomic E-state index is 0.0355. The first-order valence-electron chi connectivity index (χ1n) is 10.5. The minimum Gasteiger partial charge on any atom is -0.480 e. The molecule has 24 heavy (non-hydrogen) atoms. The highest BCUT2D eigenvalue weighted by atomic mass is 16.4. The van der Waals surface area contributed by atoms with E-state index in [1.54, 1.807) is 6.92 Å². The molecule has 5 atom stereocenters. The average Bonchev–Trinajstić information content (AvgIpc) is 2.99.